The summed E-state index contributed by atoms with van der Waals surface area (Å²) in [5.41, 5.74) is 5.86. The quantitative estimate of drug-likeness (QED) is 0.486. The monoisotopic (exact) mass is 334 g/mol. The Bertz CT molecular complexity index is 777. The van der Waals surface area contributed by atoms with Gasteiger partial charge in [0.15, 0.2) is 0 Å². The maximum Gasteiger partial charge on any atom is 0.259 e. The minimum Gasteiger partial charge on any atom is -0.394 e. The van der Waals surface area contributed by atoms with E-state index in [9.17, 15) is 14.7 Å². The van der Waals surface area contributed by atoms with E-state index in [-0.39, 0.29) is 23.9 Å². The van der Waals surface area contributed by atoms with E-state index in [4.69, 9.17) is 11.1 Å². The summed E-state index contributed by atoms with van der Waals surface area (Å²) in [6.45, 7) is 1.82. The molecule has 0 saturated carbocycles. The molecule has 6 N–H and O–H groups in total. The van der Waals surface area contributed by atoms with Gasteiger partial charge in [-0.05, 0) is 18.6 Å². The molecule has 8 heteroatoms. The second-order valence-corrected chi connectivity index (χ2v) is 5.88. The van der Waals surface area contributed by atoms with Crippen LogP contribution in [0, 0.1) is 5.41 Å². The fraction of sp³-hybridized carbons (Fsp3) is 0.267. The Labute approximate surface area is 136 Å². The van der Waals surface area contributed by atoms with Gasteiger partial charge in [0.2, 0.25) is 0 Å². The Kier molecular flexibility index (Phi) is 5.30. The van der Waals surface area contributed by atoms with E-state index in [0.29, 0.717) is 22.5 Å². The molecular weight excluding hydrogens is 316 g/mol. The van der Waals surface area contributed by atoms with Gasteiger partial charge in [-0.15, -0.1) is 11.3 Å². The first kappa shape index (κ1) is 16.9. The molecule has 1 amide bonds. The fourth-order valence-corrected chi connectivity index (χ4v) is 2.84. The normalized spacial score (nSPS) is 11.9. The van der Waals surface area contributed by atoms with Crippen LogP contribution in [-0.4, -0.2) is 34.4 Å². The molecule has 0 bridgehead atoms. The number of thiophene rings is 1. The third-order valence-electron chi connectivity index (χ3n) is 3.41. The topological polar surface area (TPSA) is 132 Å². The van der Waals surface area contributed by atoms with Crippen LogP contribution in [0.15, 0.2) is 28.5 Å². The Morgan fingerprint density at radius 2 is 2.30 bits per heavy atom. The number of aliphatic hydroxyl groups excluding tert-OH is 1. The van der Waals surface area contributed by atoms with Crippen LogP contribution in [0.3, 0.4) is 0 Å². The summed E-state index contributed by atoms with van der Waals surface area (Å²) in [4.78, 5) is 26.2. The third kappa shape index (κ3) is 3.66. The van der Waals surface area contributed by atoms with Gasteiger partial charge in [0.1, 0.15) is 0 Å². The lowest BCUT2D eigenvalue weighted by Gasteiger charge is -2.18. The summed E-state index contributed by atoms with van der Waals surface area (Å²) in [6.07, 6.45) is 2.15. The van der Waals surface area contributed by atoms with Crippen LogP contribution < -0.4 is 16.6 Å². The maximum atomic E-state index is 12.2. The molecule has 0 aromatic carbocycles. The number of aromatic nitrogens is 1. The number of anilines is 1. The molecule has 0 aliphatic heterocycles. The molecule has 1 unspecified atom stereocenters. The van der Waals surface area contributed by atoms with Crippen LogP contribution in [0.2, 0.25) is 0 Å². The Morgan fingerprint density at radius 3 is 2.87 bits per heavy atom. The first-order chi connectivity index (χ1) is 11.0. The van der Waals surface area contributed by atoms with E-state index in [2.05, 4.69) is 10.3 Å². The van der Waals surface area contributed by atoms with Crippen molar-refractivity contribution in [3.8, 4) is 0 Å². The summed E-state index contributed by atoms with van der Waals surface area (Å²) >= 11 is 1.13. The molecule has 0 fully saturated rings. The van der Waals surface area contributed by atoms with Gasteiger partial charge >= 0.3 is 0 Å². The van der Waals surface area contributed by atoms with Crippen molar-refractivity contribution in [3.63, 3.8) is 0 Å². The van der Waals surface area contributed by atoms with Crippen molar-refractivity contribution < 1.29 is 9.90 Å². The standard InChI is InChI=1S/C15H18N4O3S/c1-2-9(6-20)19-10-3-4-18-15(22)12(10)13(16)8-5-11(14(17)21)23-7-8/h3-5,7,9,16,20H,2,6H2,1H3,(H2,17,21)(H2,18,19,22). The average Bonchev–Trinajstić information content (AvgIpc) is 3.02. The van der Waals surface area contributed by atoms with Gasteiger partial charge < -0.3 is 21.1 Å². The average molecular weight is 334 g/mol. The Hall–Kier alpha value is -2.45. The lowest BCUT2D eigenvalue weighted by Crippen LogP contribution is -2.27. The number of nitrogens with two attached hydrogens (primary N) is 1. The van der Waals surface area contributed by atoms with Gasteiger partial charge in [-0.25, -0.2) is 0 Å². The van der Waals surface area contributed by atoms with Crippen LogP contribution in [0.25, 0.3) is 0 Å². The third-order valence-corrected chi connectivity index (χ3v) is 4.36. The molecule has 0 saturated heterocycles. The first-order valence-electron chi connectivity index (χ1n) is 7.04. The number of hydrogen-bond acceptors (Lipinski definition) is 6. The van der Waals surface area contributed by atoms with Gasteiger partial charge in [0, 0.05) is 23.2 Å². The van der Waals surface area contributed by atoms with Crippen LogP contribution in [0.4, 0.5) is 5.69 Å². The lowest BCUT2D eigenvalue weighted by atomic mass is 10.0. The molecule has 23 heavy (non-hydrogen) atoms. The molecule has 7 nitrogen and oxygen atoms in total. The largest absolute Gasteiger partial charge is 0.394 e. The highest BCUT2D eigenvalue weighted by atomic mass is 32.1. The number of rotatable bonds is 7. The zero-order valence-corrected chi connectivity index (χ0v) is 13.4. The van der Waals surface area contributed by atoms with Crippen molar-refractivity contribution in [2.75, 3.05) is 11.9 Å². The molecule has 0 aliphatic rings. The second-order valence-electron chi connectivity index (χ2n) is 4.97. The molecule has 0 spiro atoms. The van der Waals surface area contributed by atoms with Gasteiger partial charge in [0.25, 0.3) is 11.5 Å². The number of carbonyl (C=O) groups is 1. The highest BCUT2D eigenvalue weighted by Crippen LogP contribution is 2.21. The summed E-state index contributed by atoms with van der Waals surface area (Å²) in [7, 11) is 0. The van der Waals surface area contributed by atoms with Crippen molar-refractivity contribution >= 4 is 28.6 Å². The van der Waals surface area contributed by atoms with E-state index in [1.165, 1.54) is 12.3 Å². The number of amides is 1. The van der Waals surface area contributed by atoms with Gasteiger partial charge in [0.05, 0.1) is 28.4 Å². The highest BCUT2D eigenvalue weighted by molar-refractivity contribution is 7.12. The zero-order valence-electron chi connectivity index (χ0n) is 12.6. The number of nitrogens with one attached hydrogen (secondary N) is 3. The smallest absolute Gasteiger partial charge is 0.259 e. The summed E-state index contributed by atoms with van der Waals surface area (Å²) in [5.74, 6) is -0.569. The molecule has 2 aromatic rings. The van der Waals surface area contributed by atoms with E-state index in [1.54, 1.807) is 11.4 Å². The highest BCUT2D eigenvalue weighted by Gasteiger charge is 2.18. The molecule has 2 aromatic heterocycles. The van der Waals surface area contributed by atoms with Crippen LogP contribution in [0.1, 0.15) is 34.1 Å². The number of hydrogen-bond donors (Lipinski definition) is 5. The predicted molar refractivity (Wildman–Crippen MR) is 90.6 cm³/mol. The van der Waals surface area contributed by atoms with Crippen molar-refractivity contribution in [2.24, 2.45) is 5.73 Å². The number of H-pyrrole nitrogens is 1. The molecule has 0 radical (unpaired) electrons. The van der Waals surface area contributed by atoms with E-state index >= 15 is 0 Å². The van der Waals surface area contributed by atoms with Gasteiger partial charge in [-0.3, -0.25) is 15.0 Å². The predicted octanol–water partition coefficient (Wildman–Crippen LogP) is 1.13. The second kappa shape index (κ2) is 7.21. The SMILES string of the molecule is CCC(CO)Nc1cc[nH]c(=O)c1C(=N)c1csc(C(N)=O)c1. The number of aliphatic hydroxyl groups is 1. The molecule has 2 rings (SSSR count). The van der Waals surface area contributed by atoms with E-state index < -0.39 is 11.5 Å². The van der Waals surface area contributed by atoms with Crippen LogP contribution in [0.5, 0.6) is 0 Å². The van der Waals surface area contributed by atoms with Crippen molar-refractivity contribution in [1.29, 1.82) is 5.41 Å². The Balaban J connectivity index is 2.42. The van der Waals surface area contributed by atoms with Crippen molar-refractivity contribution in [1.82, 2.24) is 4.98 Å². The van der Waals surface area contributed by atoms with Crippen molar-refractivity contribution in [3.05, 3.63) is 50.1 Å². The fourth-order valence-electron chi connectivity index (χ4n) is 2.08. The number of carbonyl (C=O) groups excluding carboxylic acids is 1. The Morgan fingerprint density at radius 1 is 1.57 bits per heavy atom. The molecule has 122 valence electrons. The van der Waals surface area contributed by atoms with E-state index in [1.807, 2.05) is 6.92 Å². The number of aromatic amines is 1. The van der Waals surface area contributed by atoms with Crippen LogP contribution in [-0.2, 0) is 0 Å². The van der Waals surface area contributed by atoms with Crippen LogP contribution >= 0.6 is 11.3 Å². The number of pyridine rings is 1. The van der Waals surface area contributed by atoms with Gasteiger partial charge in [-0.2, -0.15) is 0 Å². The minimum atomic E-state index is -0.569. The first-order valence-corrected chi connectivity index (χ1v) is 7.92. The lowest BCUT2D eigenvalue weighted by molar-refractivity contribution is 0.100. The number of primary amides is 1. The molecule has 1 atom stereocenters. The summed E-state index contributed by atoms with van der Waals surface area (Å²) in [5, 5.41) is 22.3. The van der Waals surface area contributed by atoms with E-state index in [0.717, 1.165) is 11.3 Å². The molecule has 2 heterocycles. The maximum absolute atomic E-state index is 12.2. The van der Waals surface area contributed by atoms with Crippen molar-refractivity contribution in [2.45, 2.75) is 19.4 Å². The zero-order chi connectivity index (χ0) is 17.0. The molecule has 0 aliphatic carbocycles. The van der Waals surface area contributed by atoms with Gasteiger partial charge in [-0.1, -0.05) is 6.92 Å². The minimum absolute atomic E-state index is 0.00843. The summed E-state index contributed by atoms with van der Waals surface area (Å²) in [6, 6.07) is 2.92. The molecular formula is C15H18N4O3S. The summed E-state index contributed by atoms with van der Waals surface area (Å²) < 4.78 is 0.